The van der Waals surface area contributed by atoms with Crippen LogP contribution in [0.1, 0.15) is 64.9 Å². The van der Waals surface area contributed by atoms with Crippen LogP contribution in [0.3, 0.4) is 0 Å². The second-order valence-corrected chi connectivity index (χ2v) is 10.5. The minimum atomic E-state index is -1.81. The van der Waals surface area contributed by atoms with E-state index in [-0.39, 0.29) is 47.5 Å². The van der Waals surface area contributed by atoms with E-state index in [4.69, 9.17) is 4.74 Å². The van der Waals surface area contributed by atoms with Crippen LogP contribution >= 0.6 is 0 Å². The Balaban J connectivity index is 1.98. The zero-order valence-electron chi connectivity index (χ0n) is 17.7. The van der Waals surface area contributed by atoms with Gasteiger partial charge in [0, 0.05) is 48.8 Å². The molecule has 3 aliphatic rings. The van der Waals surface area contributed by atoms with E-state index >= 15 is 0 Å². The lowest BCUT2D eigenvalue weighted by atomic mass is 9.59. The number of para-hydroxylation sites is 1. The van der Waals surface area contributed by atoms with Crippen LogP contribution in [0, 0.1) is 26.9 Å². The van der Waals surface area contributed by atoms with Gasteiger partial charge in [0.1, 0.15) is 11.5 Å². The van der Waals surface area contributed by atoms with Crippen molar-refractivity contribution in [1.29, 1.82) is 0 Å². The quantitative estimate of drug-likeness (QED) is 0.579. The van der Waals surface area contributed by atoms with Gasteiger partial charge in [0.05, 0.1) is 10.8 Å². The van der Waals surface area contributed by atoms with Gasteiger partial charge in [-0.3, -0.25) is 19.7 Å². The second-order valence-electron chi connectivity index (χ2n) is 10.5. The first-order valence-electron chi connectivity index (χ1n) is 10.3. The molecule has 4 rings (SSSR count). The van der Waals surface area contributed by atoms with Gasteiger partial charge in [0.15, 0.2) is 5.78 Å². The number of ketones is 2. The third-order valence-corrected chi connectivity index (χ3v) is 6.51. The highest BCUT2D eigenvalue weighted by Crippen LogP contribution is 2.58. The Morgan fingerprint density at radius 3 is 2.40 bits per heavy atom. The Bertz CT molecular complexity index is 991. The summed E-state index contributed by atoms with van der Waals surface area (Å²) < 4.78 is 6.07. The molecule has 0 spiro atoms. The minimum absolute atomic E-state index is 0.158. The Morgan fingerprint density at radius 2 is 1.73 bits per heavy atom. The van der Waals surface area contributed by atoms with Gasteiger partial charge in [-0.2, -0.15) is 0 Å². The molecule has 1 heterocycles. The molecule has 0 unspecified atom stereocenters. The van der Waals surface area contributed by atoms with Crippen molar-refractivity contribution in [3.8, 4) is 0 Å². The lowest BCUT2D eigenvalue weighted by Crippen LogP contribution is -2.58. The number of rotatable bonds is 2. The van der Waals surface area contributed by atoms with Crippen LogP contribution in [0.15, 0.2) is 35.6 Å². The summed E-state index contributed by atoms with van der Waals surface area (Å²) in [4.78, 5) is 37.8. The van der Waals surface area contributed by atoms with Crippen molar-refractivity contribution in [2.24, 2.45) is 16.7 Å². The van der Waals surface area contributed by atoms with Crippen LogP contribution in [0.5, 0.6) is 0 Å². The van der Waals surface area contributed by atoms with Crippen molar-refractivity contribution in [2.75, 3.05) is 0 Å². The molecule has 1 aliphatic heterocycles. The van der Waals surface area contributed by atoms with Crippen molar-refractivity contribution < 1.29 is 24.4 Å². The number of allylic oxidation sites excluding steroid dienone is 2. The molecule has 0 bridgehead atoms. The number of benzene rings is 1. The molecule has 160 valence electrons. The molecule has 1 N–H and O–H groups in total. The molecule has 2 aliphatic carbocycles. The number of nitro groups is 1. The predicted molar refractivity (Wildman–Crippen MR) is 108 cm³/mol. The molecule has 0 amide bonds. The number of hydrogen-bond acceptors (Lipinski definition) is 6. The van der Waals surface area contributed by atoms with E-state index < -0.39 is 28.0 Å². The molecular weight excluding hydrogens is 386 g/mol. The molecular formula is C23H27NO6. The van der Waals surface area contributed by atoms with Crippen LogP contribution in [-0.4, -0.2) is 27.4 Å². The lowest BCUT2D eigenvalue weighted by Gasteiger charge is -2.53. The highest BCUT2D eigenvalue weighted by atomic mass is 16.6. The summed E-state index contributed by atoms with van der Waals surface area (Å²) in [7, 11) is 0. The minimum Gasteiger partial charge on any atom is -0.466 e. The van der Waals surface area contributed by atoms with E-state index in [0.29, 0.717) is 17.8 Å². The van der Waals surface area contributed by atoms with Gasteiger partial charge in [-0.15, -0.1) is 0 Å². The first-order chi connectivity index (χ1) is 13.8. The first-order valence-corrected chi connectivity index (χ1v) is 10.3. The van der Waals surface area contributed by atoms with Gasteiger partial charge >= 0.3 is 0 Å². The fourth-order valence-corrected chi connectivity index (χ4v) is 5.58. The number of Topliss-reactive ketones (excluding diaryl/α,β-unsaturated/α-hetero) is 2. The summed E-state index contributed by atoms with van der Waals surface area (Å²) in [5.41, 5.74) is -0.412. The zero-order valence-corrected chi connectivity index (χ0v) is 17.7. The average molecular weight is 413 g/mol. The number of carbonyl (C=O) groups excluding carboxylic acids is 2. The number of hydrogen-bond donors (Lipinski definition) is 1. The van der Waals surface area contributed by atoms with Crippen LogP contribution in [0.2, 0.25) is 0 Å². The maximum Gasteiger partial charge on any atom is 0.273 e. The summed E-state index contributed by atoms with van der Waals surface area (Å²) in [6.07, 6.45) is 1.10. The van der Waals surface area contributed by atoms with Gasteiger partial charge in [-0.05, 0) is 10.8 Å². The predicted octanol–water partition coefficient (Wildman–Crippen LogP) is 4.05. The van der Waals surface area contributed by atoms with Crippen LogP contribution in [0.25, 0.3) is 0 Å². The van der Waals surface area contributed by atoms with Gasteiger partial charge in [0.25, 0.3) is 5.69 Å². The summed E-state index contributed by atoms with van der Waals surface area (Å²) in [5.74, 6) is -3.81. The Hall–Kier alpha value is -2.54. The molecule has 1 fully saturated rings. The van der Waals surface area contributed by atoms with Gasteiger partial charge in [0.2, 0.25) is 5.79 Å². The average Bonchev–Trinajstić information content (AvgIpc) is 2.56. The van der Waals surface area contributed by atoms with Crippen molar-refractivity contribution in [3.63, 3.8) is 0 Å². The maximum atomic E-state index is 13.3. The van der Waals surface area contributed by atoms with E-state index in [2.05, 4.69) is 0 Å². The standard InChI is InChI=1S/C23H27NO6/c1-21(2)9-15(25)19-17(11-21)30-23(27)12-22(3,4)10-16(26)20(23)18(19)13-7-5-6-8-14(13)24(28)29/h5-8,18,20,27H,9-12H2,1-4H3/t18-,20+,23+/m0/s1. The highest BCUT2D eigenvalue weighted by molar-refractivity contribution is 6.01. The smallest absolute Gasteiger partial charge is 0.273 e. The van der Waals surface area contributed by atoms with Gasteiger partial charge < -0.3 is 9.84 Å². The van der Waals surface area contributed by atoms with Crippen molar-refractivity contribution >= 4 is 17.3 Å². The van der Waals surface area contributed by atoms with Crippen LogP contribution in [0.4, 0.5) is 5.69 Å². The molecule has 0 radical (unpaired) electrons. The fraction of sp³-hybridized carbons (Fsp3) is 0.565. The van der Waals surface area contributed by atoms with Gasteiger partial charge in [-0.1, -0.05) is 45.9 Å². The summed E-state index contributed by atoms with van der Waals surface area (Å²) in [6, 6.07) is 6.17. The Labute approximate surface area is 175 Å². The molecule has 0 aromatic heterocycles. The molecule has 7 heteroatoms. The number of aliphatic hydroxyl groups is 1. The summed E-state index contributed by atoms with van der Waals surface area (Å²) in [5, 5.41) is 23.4. The third kappa shape index (κ3) is 3.25. The number of carbonyl (C=O) groups is 2. The Morgan fingerprint density at radius 1 is 1.07 bits per heavy atom. The highest BCUT2D eigenvalue weighted by Gasteiger charge is 2.61. The fourth-order valence-electron chi connectivity index (χ4n) is 5.58. The van der Waals surface area contributed by atoms with Crippen LogP contribution in [-0.2, 0) is 14.3 Å². The van der Waals surface area contributed by atoms with Gasteiger partial charge in [-0.25, -0.2) is 0 Å². The summed E-state index contributed by atoms with van der Waals surface area (Å²) in [6.45, 7) is 7.68. The van der Waals surface area contributed by atoms with Crippen LogP contribution < -0.4 is 0 Å². The molecule has 1 aromatic carbocycles. The topological polar surface area (TPSA) is 107 Å². The Kier molecular flexibility index (Phi) is 4.47. The SMILES string of the molecule is CC1(C)CC(=O)C2=C(C1)O[C@]1(O)CC(C)(C)CC(=O)[C@@H]1[C@H]2c1ccccc1[N+](=O)[O-]. The number of fused-ring (bicyclic) bond motifs is 1. The van der Waals surface area contributed by atoms with E-state index in [0.717, 1.165) is 0 Å². The molecule has 3 atom stereocenters. The number of nitro benzene ring substituents is 1. The first kappa shape index (κ1) is 20.7. The molecule has 1 saturated carbocycles. The number of ether oxygens (including phenoxy) is 1. The van der Waals surface area contributed by atoms with E-state index in [1.165, 1.54) is 6.07 Å². The normalized spacial score (nSPS) is 32.2. The zero-order chi connectivity index (χ0) is 22.1. The van der Waals surface area contributed by atoms with E-state index in [1.807, 2.05) is 27.7 Å². The van der Waals surface area contributed by atoms with E-state index in [9.17, 15) is 24.8 Å². The molecule has 30 heavy (non-hydrogen) atoms. The molecule has 7 nitrogen and oxygen atoms in total. The van der Waals surface area contributed by atoms with Crippen molar-refractivity contribution in [1.82, 2.24) is 0 Å². The van der Waals surface area contributed by atoms with Crippen molar-refractivity contribution in [3.05, 3.63) is 51.3 Å². The van der Waals surface area contributed by atoms with E-state index in [1.54, 1.807) is 18.2 Å². The second kappa shape index (κ2) is 6.48. The number of nitrogens with zero attached hydrogens (tertiary/aromatic N) is 1. The molecule has 0 saturated heterocycles. The van der Waals surface area contributed by atoms with Crippen molar-refractivity contribution in [2.45, 2.75) is 65.1 Å². The lowest BCUT2D eigenvalue weighted by molar-refractivity contribution is -0.385. The monoisotopic (exact) mass is 413 g/mol. The third-order valence-electron chi connectivity index (χ3n) is 6.51. The maximum absolute atomic E-state index is 13.3. The molecule has 1 aromatic rings. The largest absolute Gasteiger partial charge is 0.466 e. The summed E-state index contributed by atoms with van der Waals surface area (Å²) >= 11 is 0.